The van der Waals surface area contributed by atoms with Crippen molar-refractivity contribution in [2.75, 3.05) is 0 Å². The molecule has 0 saturated carbocycles. The molecule has 0 fully saturated rings. The van der Waals surface area contributed by atoms with Gasteiger partial charge < -0.3 is 62.6 Å². The fourth-order valence-corrected chi connectivity index (χ4v) is 0. The molecule has 0 aromatic heterocycles. The number of hydrogen-bond acceptors (Lipinski definition) is 6. The van der Waals surface area contributed by atoms with Crippen molar-refractivity contribution in [3.05, 3.63) is 0 Å². The van der Waals surface area contributed by atoms with Crippen LogP contribution in [0.15, 0.2) is 0 Å². The van der Waals surface area contributed by atoms with Crippen LogP contribution in [0.25, 0.3) is 0 Å². The number of hydrogen-bond donors (Lipinski definition) is 0. The number of carboxylic acids is 3. The van der Waals surface area contributed by atoms with E-state index in [1.165, 1.54) is 0 Å². The van der Waals surface area contributed by atoms with Crippen molar-refractivity contribution in [3.8, 4) is 0 Å². The normalized spacial score (nSPS) is 3.95. The molecule has 0 rings (SSSR count). The van der Waals surface area contributed by atoms with Crippen LogP contribution in [0, 0.1) is 37.3 Å². The molecule has 0 aliphatic carbocycles. The number of carbonyl (C=O) groups is 3. The van der Waals surface area contributed by atoms with E-state index in [9.17, 15) is 0 Å². The molecule has 0 aliphatic rings. The summed E-state index contributed by atoms with van der Waals surface area (Å²) in [6, 6.07) is 0. The minimum absolute atomic E-state index is 0. The third-order valence-corrected chi connectivity index (χ3v) is 0. The minimum Gasteiger partial charge on any atom is -0.550 e. The number of carboxylic acid groups (broad SMARTS) is 3. The Morgan fingerprint density at radius 2 is 0.526 bits per heavy atom. The summed E-state index contributed by atoms with van der Waals surface area (Å²) in [7, 11) is 0. The van der Waals surface area contributed by atoms with Gasteiger partial charge in [0.05, 0.1) is 0 Å². The van der Waals surface area contributed by atoms with E-state index in [-0.39, 0.29) is 70.2 Å². The van der Waals surface area contributed by atoms with E-state index in [4.69, 9.17) is 29.7 Å². The van der Waals surface area contributed by atoms with Crippen molar-refractivity contribution in [3.63, 3.8) is 0 Å². The molecule has 0 aliphatic heterocycles. The van der Waals surface area contributed by atoms with Gasteiger partial charge in [0.2, 0.25) is 0 Å². The SMILES string of the molecule is CC(=O)[O-].CC(=O)[O-].CC(=O)[O-].O.O.O.O.O.O.[Er+3]. The van der Waals surface area contributed by atoms with Crippen LogP contribution in [-0.4, -0.2) is 50.8 Å². The minimum atomic E-state index is -1.08. The molecule has 0 saturated heterocycles. The maximum Gasteiger partial charge on any atom is 3.00 e. The van der Waals surface area contributed by atoms with Gasteiger partial charge in [-0.3, -0.25) is 0 Å². The third-order valence-electron chi connectivity index (χ3n) is 0. The van der Waals surface area contributed by atoms with Gasteiger partial charge in [0.25, 0.3) is 0 Å². The number of carbonyl (C=O) groups excluding carboxylic acids is 3. The number of rotatable bonds is 0. The van der Waals surface area contributed by atoms with E-state index in [0.29, 0.717) is 0 Å². The molecule has 19 heavy (non-hydrogen) atoms. The third kappa shape index (κ3) is 12200. The van der Waals surface area contributed by atoms with E-state index in [1.807, 2.05) is 0 Å². The second kappa shape index (κ2) is 66.3. The van der Waals surface area contributed by atoms with Crippen LogP contribution in [-0.2, 0) is 14.4 Å². The van der Waals surface area contributed by atoms with Crippen molar-refractivity contribution in [2.24, 2.45) is 0 Å². The van der Waals surface area contributed by atoms with Gasteiger partial charge in [-0.25, -0.2) is 0 Å². The van der Waals surface area contributed by atoms with E-state index in [0.717, 1.165) is 20.8 Å². The molecule has 0 unspecified atom stereocenters. The summed E-state index contributed by atoms with van der Waals surface area (Å²) in [6.07, 6.45) is 0. The Morgan fingerprint density at radius 3 is 0.526 bits per heavy atom. The molecular formula is C6H21ErO12. The molecule has 0 spiro atoms. The van der Waals surface area contributed by atoms with Crippen LogP contribution < -0.4 is 15.3 Å². The Hall–Kier alpha value is -0.583. The van der Waals surface area contributed by atoms with Crippen molar-refractivity contribution < 1.29 is 99.9 Å². The Balaban J connectivity index is -0.00000000675. The summed E-state index contributed by atoms with van der Waals surface area (Å²) >= 11 is 0. The maximum absolute atomic E-state index is 8.89. The zero-order valence-electron chi connectivity index (χ0n) is 10.2. The van der Waals surface area contributed by atoms with Crippen molar-refractivity contribution in [2.45, 2.75) is 20.8 Å². The number of aliphatic carboxylic acids is 3. The van der Waals surface area contributed by atoms with Gasteiger partial charge in [-0.2, -0.15) is 0 Å². The second-order valence-corrected chi connectivity index (χ2v) is 1.47. The van der Waals surface area contributed by atoms with Gasteiger partial charge in [-0.05, 0) is 20.8 Å². The maximum atomic E-state index is 8.89. The predicted molar refractivity (Wildman–Crippen MR) is 53.7 cm³/mol. The van der Waals surface area contributed by atoms with Crippen molar-refractivity contribution >= 4 is 17.9 Å². The molecule has 0 atom stereocenters. The van der Waals surface area contributed by atoms with Gasteiger partial charge in [0, 0.05) is 17.9 Å². The first kappa shape index (κ1) is 78.9. The quantitative estimate of drug-likeness (QED) is 0.343. The molecule has 0 aromatic rings. The average molecular weight is 452 g/mol. The van der Waals surface area contributed by atoms with Gasteiger partial charge in [0.15, 0.2) is 0 Å². The molecule has 13 heteroatoms. The first-order valence-electron chi connectivity index (χ1n) is 2.72. The van der Waals surface area contributed by atoms with Crippen LogP contribution >= 0.6 is 0 Å². The summed E-state index contributed by atoms with van der Waals surface area (Å²) in [5.41, 5.74) is 0. The van der Waals surface area contributed by atoms with Gasteiger partial charge in [-0.1, -0.05) is 0 Å². The zero-order valence-corrected chi connectivity index (χ0v) is 12.1. The topological polar surface area (TPSA) is 309 Å². The molecule has 12 nitrogen and oxygen atoms in total. The first-order valence-corrected chi connectivity index (χ1v) is 2.72. The molecule has 12 N–H and O–H groups in total. The Labute approximate surface area is 138 Å². The summed E-state index contributed by atoms with van der Waals surface area (Å²) < 4.78 is 0. The molecule has 0 bridgehead atoms. The van der Waals surface area contributed by atoms with E-state index in [1.54, 1.807) is 0 Å². The van der Waals surface area contributed by atoms with Crippen LogP contribution in [0.3, 0.4) is 0 Å². The van der Waals surface area contributed by atoms with Crippen molar-refractivity contribution in [1.29, 1.82) is 0 Å². The smallest absolute Gasteiger partial charge is 0.550 e. The van der Waals surface area contributed by atoms with E-state index in [2.05, 4.69) is 0 Å². The average Bonchev–Trinajstić information content (AvgIpc) is 1.54. The molecule has 0 amide bonds. The largest absolute Gasteiger partial charge is 3.00 e. The van der Waals surface area contributed by atoms with Crippen LogP contribution in [0.4, 0.5) is 0 Å². The van der Waals surface area contributed by atoms with E-state index < -0.39 is 17.9 Å². The Morgan fingerprint density at radius 1 is 0.526 bits per heavy atom. The zero-order chi connectivity index (χ0) is 10.7. The second-order valence-electron chi connectivity index (χ2n) is 1.47. The van der Waals surface area contributed by atoms with Gasteiger partial charge in [0.1, 0.15) is 0 Å². The van der Waals surface area contributed by atoms with Gasteiger partial charge >= 0.3 is 37.3 Å². The summed E-state index contributed by atoms with van der Waals surface area (Å²) in [5.74, 6) is -3.25. The van der Waals surface area contributed by atoms with E-state index >= 15 is 0 Å². The monoisotopic (exact) mass is 451 g/mol. The fraction of sp³-hybridized carbons (Fsp3) is 0.500. The fourth-order valence-electron chi connectivity index (χ4n) is 0. The summed E-state index contributed by atoms with van der Waals surface area (Å²) in [4.78, 5) is 26.7. The molecule has 1 radical (unpaired) electrons. The Kier molecular flexibility index (Phi) is 275. The van der Waals surface area contributed by atoms with Crippen LogP contribution in [0.2, 0.25) is 0 Å². The summed E-state index contributed by atoms with van der Waals surface area (Å²) in [6.45, 7) is 2.92. The molecular weight excluding hydrogens is 431 g/mol. The van der Waals surface area contributed by atoms with Crippen LogP contribution in [0.5, 0.6) is 0 Å². The Bertz CT molecular complexity index is 120. The molecule has 0 heterocycles. The first-order chi connectivity index (χ1) is 5.20. The van der Waals surface area contributed by atoms with Crippen molar-refractivity contribution in [1.82, 2.24) is 0 Å². The molecule has 0 aromatic carbocycles. The summed E-state index contributed by atoms with van der Waals surface area (Å²) in [5, 5.41) is 26.7. The standard InChI is InChI=1S/3C2H4O2.Er.6H2O/c3*1-2(3)4;;;;;;;/h3*1H3,(H,3,4);;6*1H2/q;;;+3;;;;;;/p-3. The van der Waals surface area contributed by atoms with Gasteiger partial charge in [-0.15, -0.1) is 0 Å². The molecule has 129 valence electrons. The predicted octanol–water partition coefficient (Wildman–Crippen LogP) is -8.68. The van der Waals surface area contributed by atoms with Crippen LogP contribution in [0.1, 0.15) is 20.8 Å².